The van der Waals surface area contributed by atoms with E-state index in [1.165, 1.54) is 0 Å². The molecular formula is C8H7F3N2O4. The highest BCUT2D eigenvalue weighted by atomic mass is 19.4. The Balaban J connectivity index is 3.23. The second kappa shape index (κ2) is 4.44. The molecule has 0 saturated carbocycles. The van der Waals surface area contributed by atoms with Crippen LogP contribution >= 0.6 is 0 Å². The number of alkyl halides is 3. The minimum absolute atomic E-state index is 0.255. The van der Waals surface area contributed by atoms with Crippen molar-refractivity contribution in [3.8, 4) is 11.5 Å². The van der Waals surface area contributed by atoms with Crippen molar-refractivity contribution in [1.82, 2.24) is 4.98 Å². The van der Waals surface area contributed by atoms with Crippen LogP contribution in [0.1, 0.15) is 5.69 Å². The summed E-state index contributed by atoms with van der Waals surface area (Å²) in [4.78, 5) is 13.1. The first-order valence-corrected chi connectivity index (χ1v) is 4.20. The molecule has 94 valence electrons. The molecule has 1 aromatic rings. The SMILES string of the molecule is COc1cc(OC(F)(F)F)c(C)nc1[N+](=O)[O-]. The first-order chi connectivity index (χ1) is 7.74. The van der Waals surface area contributed by atoms with E-state index in [1.807, 2.05) is 0 Å². The Morgan fingerprint density at radius 1 is 1.41 bits per heavy atom. The van der Waals surface area contributed by atoms with Crippen LogP contribution in [-0.4, -0.2) is 23.4 Å². The molecule has 0 fully saturated rings. The molecule has 0 bridgehead atoms. The van der Waals surface area contributed by atoms with Gasteiger partial charge in [-0.25, -0.2) is 0 Å². The van der Waals surface area contributed by atoms with Gasteiger partial charge in [0, 0.05) is 13.0 Å². The Bertz CT molecular complexity index is 447. The van der Waals surface area contributed by atoms with Crippen molar-refractivity contribution in [2.75, 3.05) is 7.11 Å². The summed E-state index contributed by atoms with van der Waals surface area (Å²) >= 11 is 0. The molecule has 0 amide bonds. The molecule has 0 aliphatic rings. The standard InChI is InChI=1S/C8H7F3N2O4/c1-4-5(17-8(9,10)11)3-6(16-2)7(12-4)13(14)15/h3H,1-2H3. The fourth-order valence-electron chi connectivity index (χ4n) is 1.07. The van der Waals surface area contributed by atoms with Crippen molar-refractivity contribution in [2.45, 2.75) is 13.3 Å². The lowest BCUT2D eigenvalue weighted by Gasteiger charge is -2.10. The normalized spacial score (nSPS) is 11.1. The third kappa shape index (κ3) is 3.20. The minimum Gasteiger partial charge on any atom is -0.489 e. The molecule has 0 aliphatic heterocycles. The van der Waals surface area contributed by atoms with Crippen LogP contribution in [0, 0.1) is 17.0 Å². The van der Waals surface area contributed by atoms with Gasteiger partial charge in [0.05, 0.1) is 7.11 Å². The molecule has 17 heavy (non-hydrogen) atoms. The molecule has 1 aromatic heterocycles. The minimum atomic E-state index is -4.90. The maximum absolute atomic E-state index is 12.0. The van der Waals surface area contributed by atoms with Crippen molar-refractivity contribution in [3.63, 3.8) is 0 Å². The third-order valence-corrected chi connectivity index (χ3v) is 1.73. The summed E-state index contributed by atoms with van der Waals surface area (Å²) in [5, 5.41) is 10.5. The summed E-state index contributed by atoms with van der Waals surface area (Å²) < 4.78 is 44.2. The molecular weight excluding hydrogens is 245 g/mol. The van der Waals surface area contributed by atoms with Crippen LogP contribution < -0.4 is 9.47 Å². The number of ether oxygens (including phenoxy) is 2. The van der Waals surface area contributed by atoms with Crippen LogP contribution in [-0.2, 0) is 0 Å². The van der Waals surface area contributed by atoms with Crippen molar-refractivity contribution < 1.29 is 27.6 Å². The number of hydrogen-bond donors (Lipinski definition) is 0. The van der Waals surface area contributed by atoms with Crippen LogP contribution in [0.4, 0.5) is 19.0 Å². The van der Waals surface area contributed by atoms with Gasteiger partial charge < -0.3 is 19.6 Å². The van der Waals surface area contributed by atoms with Gasteiger partial charge in [0.1, 0.15) is 0 Å². The number of pyridine rings is 1. The number of rotatable bonds is 3. The van der Waals surface area contributed by atoms with Gasteiger partial charge in [-0.05, 0) is 9.91 Å². The van der Waals surface area contributed by atoms with E-state index < -0.39 is 28.6 Å². The number of aromatic nitrogens is 1. The second-order valence-corrected chi connectivity index (χ2v) is 2.90. The molecule has 0 radical (unpaired) electrons. The molecule has 9 heteroatoms. The number of aryl methyl sites for hydroxylation is 1. The van der Waals surface area contributed by atoms with Gasteiger partial charge in [-0.2, -0.15) is 0 Å². The summed E-state index contributed by atoms with van der Waals surface area (Å²) in [6, 6.07) is 0.772. The number of methoxy groups -OCH3 is 1. The van der Waals surface area contributed by atoms with E-state index in [2.05, 4.69) is 14.5 Å². The highest BCUT2D eigenvalue weighted by Crippen LogP contribution is 2.33. The summed E-state index contributed by atoms with van der Waals surface area (Å²) in [6.07, 6.45) is -4.90. The summed E-state index contributed by atoms with van der Waals surface area (Å²) in [5.41, 5.74) is -0.255. The van der Waals surface area contributed by atoms with Crippen molar-refractivity contribution in [2.24, 2.45) is 0 Å². The summed E-state index contributed by atoms with van der Waals surface area (Å²) in [7, 11) is 1.08. The first kappa shape index (κ1) is 13.0. The van der Waals surface area contributed by atoms with E-state index in [0.717, 1.165) is 20.1 Å². The average Bonchev–Trinajstić information content (AvgIpc) is 2.18. The highest BCUT2D eigenvalue weighted by Gasteiger charge is 2.34. The number of hydrogen-bond acceptors (Lipinski definition) is 5. The molecule has 0 aromatic carbocycles. The summed E-state index contributed by atoms with van der Waals surface area (Å²) in [6.45, 7) is 1.16. The number of halogens is 3. The zero-order chi connectivity index (χ0) is 13.2. The lowest BCUT2D eigenvalue weighted by Crippen LogP contribution is -2.18. The van der Waals surface area contributed by atoms with Crippen molar-refractivity contribution in [3.05, 3.63) is 21.9 Å². The largest absolute Gasteiger partial charge is 0.573 e. The molecule has 1 rings (SSSR count). The summed E-state index contributed by atoms with van der Waals surface area (Å²) in [5.74, 6) is -1.71. The van der Waals surface area contributed by atoms with Crippen LogP contribution in [0.3, 0.4) is 0 Å². The number of nitrogens with zero attached hydrogens (tertiary/aromatic N) is 2. The lowest BCUT2D eigenvalue weighted by molar-refractivity contribution is -0.390. The average molecular weight is 252 g/mol. The van der Waals surface area contributed by atoms with Crippen LogP contribution in [0.5, 0.6) is 11.5 Å². The first-order valence-electron chi connectivity index (χ1n) is 4.20. The van der Waals surface area contributed by atoms with Gasteiger partial charge >= 0.3 is 12.2 Å². The number of nitro groups is 1. The predicted molar refractivity (Wildman–Crippen MR) is 48.9 cm³/mol. The molecule has 0 spiro atoms. The maximum Gasteiger partial charge on any atom is 0.573 e. The van der Waals surface area contributed by atoms with E-state index in [1.54, 1.807) is 0 Å². The van der Waals surface area contributed by atoms with Crippen LogP contribution in [0.25, 0.3) is 0 Å². The quantitative estimate of drug-likeness (QED) is 0.609. The Kier molecular flexibility index (Phi) is 3.39. The van der Waals surface area contributed by atoms with Crippen LogP contribution in [0.15, 0.2) is 6.07 Å². The lowest BCUT2D eigenvalue weighted by atomic mass is 10.3. The second-order valence-electron chi connectivity index (χ2n) is 2.90. The molecule has 0 unspecified atom stereocenters. The van der Waals surface area contributed by atoms with E-state index in [0.29, 0.717) is 0 Å². The molecule has 6 nitrogen and oxygen atoms in total. The van der Waals surface area contributed by atoms with E-state index in [9.17, 15) is 23.3 Å². The molecule has 0 N–H and O–H groups in total. The highest BCUT2D eigenvalue weighted by molar-refractivity contribution is 5.47. The molecule has 0 atom stereocenters. The Labute approximate surface area is 93.1 Å². The van der Waals surface area contributed by atoms with Gasteiger partial charge in [-0.3, -0.25) is 0 Å². The van der Waals surface area contributed by atoms with Gasteiger partial charge in [-0.1, -0.05) is 0 Å². The smallest absolute Gasteiger partial charge is 0.489 e. The van der Waals surface area contributed by atoms with E-state index in [-0.39, 0.29) is 5.69 Å². The van der Waals surface area contributed by atoms with E-state index >= 15 is 0 Å². The van der Waals surface area contributed by atoms with Crippen LogP contribution in [0.2, 0.25) is 0 Å². The van der Waals surface area contributed by atoms with Crippen molar-refractivity contribution >= 4 is 5.82 Å². The fraction of sp³-hybridized carbons (Fsp3) is 0.375. The van der Waals surface area contributed by atoms with Gasteiger partial charge in [0.25, 0.3) is 0 Å². The Morgan fingerprint density at radius 2 is 2.00 bits per heavy atom. The van der Waals surface area contributed by atoms with Gasteiger partial charge in [-0.15, -0.1) is 13.2 Å². The molecule has 0 saturated heterocycles. The predicted octanol–water partition coefficient (Wildman–Crippen LogP) is 2.21. The van der Waals surface area contributed by atoms with E-state index in [4.69, 9.17) is 0 Å². The zero-order valence-corrected chi connectivity index (χ0v) is 8.74. The third-order valence-electron chi connectivity index (χ3n) is 1.73. The fourth-order valence-corrected chi connectivity index (χ4v) is 1.07. The molecule has 0 aliphatic carbocycles. The maximum atomic E-state index is 12.0. The zero-order valence-electron chi connectivity index (χ0n) is 8.74. The Hall–Kier alpha value is -2.06. The van der Waals surface area contributed by atoms with Gasteiger partial charge in [0.15, 0.2) is 11.4 Å². The Morgan fingerprint density at radius 3 is 2.41 bits per heavy atom. The molecule has 1 heterocycles. The van der Waals surface area contributed by atoms with Crippen molar-refractivity contribution in [1.29, 1.82) is 0 Å². The monoisotopic (exact) mass is 252 g/mol. The topological polar surface area (TPSA) is 74.5 Å². The van der Waals surface area contributed by atoms with Gasteiger partial charge in [0.2, 0.25) is 5.75 Å².